The largest absolute Gasteiger partial charge is 0.481 e. The molecule has 0 atom stereocenters. The van der Waals surface area contributed by atoms with Crippen LogP contribution in [0.1, 0.15) is 19.3 Å². The number of carbonyl (C=O) groups is 2. The Hall–Kier alpha value is -0.600. The molecule has 0 heterocycles. The lowest BCUT2D eigenvalue weighted by atomic mass is 9.69. The van der Waals surface area contributed by atoms with Gasteiger partial charge in [-0.2, -0.15) is 0 Å². The minimum absolute atomic E-state index is 0.139. The summed E-state index contributed by atoms with van der Waals surface area (Å²) in [6, 6.07) is 3.20. The Morgan fingerprint density at radius 3 is 2.19 bits per heavy atom. The minimum atomic E-state index is -0.847. The molecule has 1 aromatic carbocycles. The van der Waals surface area contributed by atoms with Crippen molar-refractivity contribution in [3.05, 3.63) is 25.6 Å². The van der Waals surface area contributed by atoms with E-state index < -0.39 is 17.4 Å². The highest BCUT2D eigenvalue weighted by Gasteiger charge is 2.44. The molecule has 1 saturated carbocycles. The Kier molecular flexibility index (Phi) is 5.32. The van der Waals surface area contributed by atoms with Crippen LogP contribution in [0.25, 0.3) is 0 Å². The number of amides is 2. The fourth-order valence-electron chi connectivity index (χ4n) is 2.14. The van der Waals surface area contributed by atoms with E-state index in [1.807, 2.05) is 12.1 Å². The molecular weight excluding hydrogens is 472 g/mol. The Bertz CT molecular complexity index is 565. The van der Waals surface area contributed by atoms with E-state index in [-0.39, 0.29) is 6.54 Å². The number of nitrogens with one attached hydrogen (secondary N) is 2. The topological polar surface area (TPSA) is 78.4 Å². The molecule has 0 radical (unpaired) electrons. The Balaban J connectivity index is 1.98. The number of carboxylic acid groups (broad SMARTS) is 1. The van der Waals surface area contributed by atoms with Crippen molar-refractivity contribution >= 4 is 65.5 Å². The predicted molar refractivity (Wildman–Crippen MR) is 90.5 cm³/mol. The van der Waals surface area contributed by atoms with Crippen LogP contribution < -0.4 is 10.6 Å². The lowest BCUT2D eigenvalue weighted by Gasteiger charge is -2.37. The molecule has 1 aromatic rings. The van der Waals surface area contributed by atoms with Crippen LogP contribution in [0.2, 0.25) is 0 Å². The van der Waals surface area contributed by atoms with E-state index >= 15 is 0 Å². The van der Waals surface area contributed by atoms with Crippen molar-refractivity contribution in [1.82, 2.24) is 5.32 Å². The second-order valence-corrected chi connectivity index (χ2v) is 7.62. The summed E-state index contributed by atoms with van der Waals surface area (Å²) >= 11 is 10.1. The summed E-state index contributed by atoms with van der Waals surface area (Å²) in [5, 5.41) is 14.6. The summed E-state index contributed by atoms with van der Waals surface area (Å²) in [4.78, 5) is 23.2. The van der Waals surface area contributed by atoms with Gasteiger partial charge < -0.3 is 15.7 Å². The van der Waals surface area contributed by atoms with Crippen LogP contribution in [0.3, 0.4) is 0 Å². The normalized spacial score (nSPS) is 16.0. The van der Waals surface area contributed by atoms with Crippen molar-refractivity contribution < 1.29 is 14.7 Å². The highest BCUT2D eigenvalue weighted by atomic mass is 79.9. The lowest BCUT2D eigenvalue weighted by molar-refractivity contribution is -0.153. The molecule has 0 unspecified atom stereocenters. The van der Waals surface area contributed by atoms with Gasteiger partial charge in [-0.1, -0.05) is 22.4 Å². The molecule has 3 N–H and O–H groups in total. The van der Waals surface area contributed by atoms with E-state index in [0.717, 1.165) is 19.8 Å². The van der Waals surface area contributed by atoms with Gasteiger partial charge in [0, 0.05) is 20.0 Å². The summed E-state index contributed by atoms with van der Waals surface area (Å²) in [6.45, 7) is 0.139. The molecule has 0 saturated heterocycles. The number of hydrogen-bond acceptors (Lipinski definition) is 2. The standard InChI is InChI=1S/C13H13Br3N2O3/c14-7-4-8(15)10(9(16)5-7)18-12(21)17-6-13(11(19)20)2-1-3-13/h4-5H,1-3,6H2,(H,19,20)(H2,17,18,21). The van der Waals surface area contributed by atoms with Crippen LogP contribution in [0.4, 0.5) is 10.5 Å². The zero-order chi connectivity index (χ0) is 15.6. The SMILES string of the molecule is O=C(NCC1(C(=O)O)CCC1)Nc1c(Br)cc(Br)cc1Br. The quantitative estimate of drug-likeness (QED) is 0.594. The van der Waals surface area contributed by atoms with E-state index in [2.05, 4.69) is 58.4 Å². The van der Waals surface area contributed by atoms with Crippen molar-refractivity contribution in [3.63, 3.8) is 0 Å². The Labute approximate surface area is 147 Å². The monoisotopic (exact) mass is 482 g/mol. The summed E-state index contributed by atoms with van der Waals surface area (Å²) in [6.07, 6.45) is 2.10. The molecule has 8 heteroatoms. The van der Waals surface area contributed by atoms with Gasteiger partial charge in [-0.15, -0.1) is 0 Å². The Morgan fingerprint density at radius 2 is 1.76 bits per heavy atom. The number of urea groups is 1. The van der Waals surface area contributed by atoms with Gasteiger partial charge in [-0.05, 0) is 56.8 Å². The van der Waals surface area contributed by atoms with Gasteiger partial charge in [0.15, 0.2) is 0 Å². The zero-order valence-electron chi connectivity index (χ0n) is 10.9. The maximum absolute atomic E-state index is 11.9. The summed E-state index contributed by atoms with van der Waals surface area (Å²) < 4.78 is 2.30. The molecule has 1 fully saturated rings. The fourth-order valence-corrected chi connectivity index (χ4v) is 4.60. The van der Waals surface area contributed by atoms with Gasteiger partial charge in [0.1, 0.15) is 0 Å². The highest BCUT2D eigenvalue weighted by Crippen LogP contribution is 2.40. The van der Waals surface area contributed by atoms with Crippen molar-refractivity contribution in [2.75, 3.05) is 11.9 Å². The van der Waals surface area contributed by atoms with Gasteiger partial charge in [0.25, 0.3) is 0 Å². The van der Waals surface area contributed by atoms with Crippen molar-refractivity contribution in [1.29, 1.82) is 0 Å². The number of benzene rings is 1. The number of hydrogen-bond donors (Lipinski definition) is 3. The molecule has 1 aliphatic carbocycles. The van der Waals surface area contributed by atoms with Crippen LogP contribution >= 0.6 is 47.8 Å². The van der Waals surface area contributed by atoms with Gasteiger partial charge in [-0.25, -0.2) is 4.79 Å². The number of carboxylic acids is 1. The van der Waals surface area contributed by atoms with Gasteiger partial charge in [0.05, 0.1) is 11.1 Å². The van der Waals surface area contributed by atoms with Crippen LogP contribution in [-0.4, -0.2) is 23.7 Å². The molecule has 114 valence electrons. The van der Waals surface area contributed by atoms with Crippen LogP contribution in [0, 0.1) is 5.41 Å². The smallest absolute Gasteiger partial charge is 0.319 e. The van der Waals surface area contributed by atoms with E-state index in [4.69, 9.17) is 0 Å². The molecule has 0 spiro atoms. The molecule has 0 aromatic heterocycles. The maximum Gasteiger partial charge on any atom is 0.319 e. The number of rotatable bonds is 4. The minimum Gasteiger partial charge on any atom is -0.481 e. The maximum atomic E-state index is 11.9. The molecule has 21 heavy (non-hydrogen) atoms. The second kappa shape index (κ2) is 6.66. The first-order valence-corrected chi connectivity index (χ1v) is 8.65. The summed E-state index contributed by atoms with van der Waals surface area (Å²) in [7, 11) is 0. The average molecular weight is 485 g/mol. The predicted octanol–water partition coefficient (Wildman–Crippen LogP) is 4.35. The van der Waals surface area contributed by atoms with E-state index in [9.17, 15) is 14.7 Å². The van der Waals surface area contributed by atoms with Crippen molar-refractivity contribution in [2.45, 2.75) is 19.3 Å². The number of carbonyl (C=O) groups excluding carboxylic acids is 1. The molecular formula is C13H13Br3N2O3. The first kappa shape index (κ1) is 16.8. The summed E-state index contributed by atoms with van der Waals surface area (Å²) in [5.41, 5.74) is -0.209. The first-order valence-electron chi connectivity index (χ1n) is 6.27. The lowest BCUT2D eigenvalue weighted by Crippen LogP contribution is -2.48. The third-order valence-electron chi connectivity index (χ3n) is 3.60. The third kappa shape index (κ3) is 3.78. The second-order valence-electron chi connectivity index (χ2n) is 4.99. The van der Waals surface area contributed by atoms with E-state index in [1.54, 1.807) is 0 Å². The zero-order valence-corrected chi connectivity index (χ0v) is 15.6. The molecule has 2 amide bonds. The Morgan fingerprint density at radius 1 is 1.19 bits per heavy atom. The van der Waals surface area contributed by atoms with Gasteiger partial charge in [-0.3, -0.25) is 4.79 Å². The first-order chi connectivity index (χ1) is 9.84. The van der Waals surface area contributed by atoms with Crippen LogP contribution in [0.15, 0.2) is 25.6 Å². The molecule has 0 aliphatic heterocycles. The van der Waals surface area contributed by atoms with E-state index in [0.29, 0.717) is 18.5 Å². The number of anilines is 1. The number of aliphatic carboxylic acids is 1. The molecule has 1 aliphatic rings. The molecule has 0 bridgehead atoms. The van der Waals surface area contributed by atoms with Crippen LogP contribution in [-0.2, 0) is 4.79 Å². The average Bonchev–Trinajstić information content (AvgIpc) is 2.31. The van der Waals surface area contributed by atoms with Crippen LogP contribution in [0.5, 0.6) is 0 Å². The third-order valence-corrected chi connectivity index (χ3v) is 5.31. The van der Waals surface area contributed by atoms with Gasteiger partial charge >= 0.3 is 12.0 Å². The molecule has 5 nitrogen and oxygen atoms in total. The van der Waals surface area contributed by atoms with Crippen molar-refractivity contribution in [2.24, 2.45) is 5.41 Å². The molecule has 2 rings (SSSR count). The number of halogens is 3. The fraction of sp³-hybridized carbons (Fsp3) is 0.385. The van der Waals surface area contributed by atoms with Gasteiger partial charge in [0.2, 0.25) is 0 Å². The highest BCUT2D eigenvalue weighted by molar-refractivity contribution is 9.11. The summed E-state index contributed by atoms with van der Waals surface area (Å²) in [5.74, 6) is -0.847. The van der Waals surface area contributed by atoms with E-state index in [1.165, 1.54) is 0 Å². The van der Waals surface area contributed by atoms with Crippen molar-refractivity contribution in [3.8, 4) is 0 Å².